The first-order valence-electron chi connectivity index (χ1n) is 9.96. The van der Waals surface area contributed by atoms with Crippen molar-refractivity contribution in [1.29, 1.82) is 0 Å². The number of aliphatic hydroxyl groups is 1. The van der Waals surface area contributed by atoms with Gasteiger partial charge in [0.15, 0.2) is 11.6 Å². The molecule has 7 nitrogen and oxygen atoms in total. The van der Waals surface area contributed by atoms with E-state index in [2.05, 4.69) is 5.32 Å². The highest BCUT2D eigenvalue weighted by Gasteiger charge is 2.48. The van der Waals surface area contributed by atoms with Gasteiger partial charge in [0.2, 0.25) is 10.0 Å². The van der Waals surface area contributed by atoms with Gasteiger partial charge in [-0.05, 0) is 49.1 Å². The van der Waals surface area contributed by atoms with Gasteiger partial charge in [0.1, 0.15) is 16.3 Å². The highest BCUT2D eigenvalue weighted by atomic mass is 32.2. The molecule has 1 saturated heterocycles. The van der Waals surface area contributed by atoms with E-state index in [-0.39, 0.29) is 43.5 Å². The first-order valence-corrected chi connectivity index (χ1v) is 11.4. The first kappa shape index (κ1) is 22.7. The molecular weight excluding hydrogens is 449 g/mol. The van der Waals surface area contributed by atoms with Crippen LogP contribution in [0.15, 0.2) is 41.3 Å². The number of benzene rings is 2. The topological polar surface area (TPSA) is 95.9 Å². The monoisotopic (exact) mass is 470 g/mol. The number of hydrogen-bond donors (Lipinski definition) is 2. The van der Waals surface area contributed by atoms with Crippen molar-refractivity contribution >= 4 is 21.6 Å². The molecule has 0 bridgehead atoms. The van der Waals surface area contributed by atoms with Crippen molar-refractivity contribution in [2.75, 3.05) is 31.6 Å². The lowest BCUT2D eigenvalue weighted by molar-refractivity contribution is -0.0478. The Morgan fingerprint density at radius 3 is 2.50 bits per heavy atom. The summed E-state index contributed by atoms with van der Waals surface area (Å²) in [7, 11) is -4.41. The highest BCUT2D eigenvalue weighted by molar-refractivity contribution is 7.89. The summed E-state index contributed by atoms with van der Waals surface area (Å²) in [5, 5.41) is 13.2. The van der Waals surface area contributed by atoms with Gasteiger partial charge >= 0.3 is 0 Å². The maximum absolute atomic E-state index is 14.6. The summed E-state index contributed by atoms with van der Waals surface area (Å²) >= 11 is 0. The third-order valence-electron chi connectivity index (χ3n) is 5.61. The molecule has 32 heavy (non-hydrogen) atoms. The molecule has 1 aliphatic heterocycles. The number of β-amino-alcohol motifs (C(OH)–C–C–N with tert-alkyl or cyclic N) is 1. The molecule has 172 valence electrons. The Morgan fingerprint density at radius 1 is 1.09 bits per heavy atom. The molecule has 1 heterocycles. The SMILES string of the molecule is O=C(Nc1ccc(F)c(F)c1)c1ccc(F)c(S(=O)(=O)N2CCOCC(O)(C3CC3)C2)c1. The number of anilines is 1. The molecule has 2 aliphatic rings. The molecule has 0 radical (unpaired) electrons. The van der Waals surface area contributed by atoms with Gasteiger partial charge in [0.05, 0.1) is 13.2 Å². The van der Waals surface area contributed by atoms with Gasteiger partial charge in [0, 0.05) is 30.4 Å². The van der Waals surface area contributed by atoms with E-state index >= 15 is 0 Å². The minimum atomic E-state index is -4.41. The van der Waals surface area contributed by atoms with Crippen molar-refractivity contribution in [3.63, 3.8) is 0 Å². The van der Waals surface area contributed by atoms with E-state index in [4.69, 9.17) is 4.74 Å². The third-order valence-corrected chi connectivity index (χ3v) is 7.47. The molecular formula is C21H21F3N2O5S. The predicted molar refractivity (Wildman–Crippen MR) is 108 cm³/mol. The van der Waals surface area contributed by atoms with Crippen molar-refractivity contribution in [3.05, 3.63) is 59.4 Å². The van der Waals surface area contributed by atoms with Gasteiger partial charge in [-0.15, -0.1) is 0 Å². The van der Waals surface area contributed by atoms with Gasteiger partial charge in [0.25, 0.3) is 5.91 Å². The zero-order valence-corrected chi connectivity index (χ0v) is 17.7. The van der Waals surface area contributed by atoms with Crippen LogP contribution in [0.2, 0.25) is 0 Å². The molecule has 0 aromatic heterocycles. The van der Waals surface area contributed by atoms with Crippen LogP contribution < -0.4 is 5.32 Å². The molecule has 2 aromatic rings. The van der Waals surface area contributed by atoms with Gasteiger partial charge in [-0.3, -0.25) is 4.79 Å². The van der Waals surface area contributed by atoms with E-state index < -0.39 is 43.9 Å². The summed E-state index contributed by atoms with van der Waals surface area (Å²) in [6.07, 6.45) is 1.50. The van der Waals surface area contributed by atoms with Crippen LogP contribution >= 0.6 is 0 Å². The van der Waals surface area contributed by atoms with Crippen molar-refractivity contribution in [3.8, 4) is 0 Å². The Kier molecular flexibility index (Phi) is 6.01. The van der Waals surface area contributed by atoms with E-state index in [0.717, 1.165) is 53.5 Å². The number of rotatable bonds is 5. The molecule has 1 aliphatic carbocycles. The second-order valence-electron chi connectivity index (χ2n) is 8.00. The molecule has 1 atom stereocenters. The highest BCUT2D eigenvalue weighted by Crippen LogP contribution is 2.41. The summed E-state index contributed by atoms with van der Waals surface area (Å²) < 4.78 is 73.8. The number of nitrogens with one attached hydrogen (secondary N) is 1. The lowest BCUT2D eigenvalue weighted by Gasteiger charge is -2.30. The number of hydrogen-bond acceptors (Lipinski definition) is 5. The number of sulfonamides is 1. The Balaban J connectivity index is 1.60. The third kappa shape index (κ3) is 4.51. The van der Waals surface area contributed by atoms with E-state index in [1.165, 1.54) is 0 Å². The minimum absolute atomic E-state index is 0.0111. The standard InChI is InChI=1S/C21H21F3N2O5S/c22-16-6-4-15(10-18(16)24)25-20(27)13-1-5-17(23)19(9-13)32(29,30)26-7-8-31-12-21(28,11-26)14-2-3-14/h1,4-6,9-10,14,28H,2-3,7-8,11-12H2,(H,25,27). The van der Waals surface area contributed by atoms with E-state index in [1.54, 1.807) is 0 Å². The van der Waals surface area contributed by atoms with E-state index in [1.807, 2.05) is 0 Å². The number of amides is 1. The molecule has 0 spiro atoms. The quantitative estimate of drug-likeness (QED) is 0.700. The molecule has 11 heteroatoms. The molecule has 1 unspecified atom stereocenters. The zero-order chi connectivity index (χ0) is 23.1. The molecule has 1 amide bonds. The van der Waals surface area contributed by atoms with Gasteiger partial charge in [-0.25, -0.2) is 21.6 Å². The Morgan fingerprint density at radius 2 is 1.81 bits per heavy atom. The number of halogens is 3. The normalized spacial score (nSPS) is 22.4. The first-order chi connectivity index (χ1) is 15.1. The zero-order valence-electron chi connectivity index (χ0n) is 16.9. The minimum Gasteiger partial charge on any atom is -0.386 e. The van der Waals surface area contributed by atoms with Crippen LogP contribution in [-0.4, -0.2) is 55.6 Å². The molecule has 2 fully saturated rings. The van der Waals surface area contributed by atoms with Crippen LogP contribution in [0.5, 0.6) is 0 Å². The average Bonchev–Trinajstić information content (AvgIpc) is 3.59. The summed E-state index contributed by atoms with van der Waals surface area (Å²) in [4.78, 5) is 11.8. The maximum atomic E-state index is 14.6. The summed E-state index contributed by atoms with van der Waals surface area (Å²) in [5.74, 6) is -4.24. The average molecular weight is 470 g/mol. The molecule has 4 rings (SSSR count). The predicted octanol–water partition coefficient (Wildman–Crippen LogP) is 2.52. The van der Waals surface area contributed by atoms with Crippen molar-refractivity contribution in [2.24, 2.45) is 5.92 Å². The fraction of sp³-hybridized carbons (Fsp3) is 0.381. The molecule has 2 aromatic carbocycles. The van der Waals surface area contributed by atoms with Gasteiger partial charge in [-0.2, -0.15) is 4.31 Å². The van der Waals surface area contributed by atoms with Crippen LogP contribution in [0.1, 0.15) is 23.2 Å². The Labute approximate surface area is 182 Å². The van der Waals surface area contributed by atoms with Crippen LogP contribution in [0.25, 0.3) is 0 Å². The number of carbonyl (C=O) groups is 1. The molecule has 1 saturated carbocycles. The number of nitrogens with zero attached hydrogens (tertiary/aromatic N) is 1. The number of ether oxygens (including phenoxy) is 1. The number of carbonyl (C=O) groups excluding carboxylic acids is 1. The van der Waals surface area contributed by atoms with Crippen LogP contribution in [-0.2, 0) is 14.8 Å². The molecule has 2 N–H and O–H groups in total. The largest absolute Gasteiger partial charge is 0.386 e. The van der Waals surface area contributed by atoms with E-state index in [9.17, 15) is 31.5 Å². The summed E-state index contributed by atoms with van der Waals surface area (Å²) in [6, 6.07) is 5.53. The summed E-state index contributed by atoms with van der Waals surface area (Å²) in [5.41, 5.74) is -1.61. The lowest BCUT2D eigenvalue weighted by atomic mass is 9.99. The second-order valence-corrected chi connectivity index (χ2v) is 9.90. The fourth-order valence-corrected chi connectivity index (χ4v) is 5.25. The fourth-order valence-electron chi connectivity index (χ4n) is 3.68. The van der Waals surface area contributed by atoms with Crippen LogP contribution in [0, 0.1) is 23.4 Å². The second kappa shape index (κ2) is 8.47. The lowest BCUT2D eigenvalue weighted by Crippen LogP contribution is -2.48. The van der Waals surface area contributed by atoms with Gasteiger partial charge in [-0.1, -0.05) is 0 Å². The maximum Gasteiger partial charge on any atom is 0.255 e. The van der Waals surface area contributed by atoms with Crippen molar-refractivity contribution in [2.45, 2.75) is 23.3 Å². The Bertz CT molecular complexity index is 1160. The van der Waals surface area contributed by atoms with Crippen molar-refractivity contribution < 1.29 is 36.2 Å². The summed E-state index contributed by atoms with van der Waals surface area (Å²) in [6.45, 7) is -0.304. The van der Waals surface area contributed by atoms with Crippen LogP contribution in [0.3, 0.4) is 0 Å². The van der Waals surface area contributed by atoms with Gasteiger partial charge < -0.3 is 15.2 Å². The Hall–Kier alpha value is -2.47. The van der Waals surface area contributed by atoms with Crippen molar-refractivity contribution in [1.82, 2.24) is 4.31 Å². The smallest absolute Gasteiger partial charge is 0.255 e. The van der Waals surface area contributed by atoms with Crippen LogP contribution in [0.4, 0.5) is 18.9 Å². The van der Waals surface area contributed by atoms with E-state index in [0.29, 0.717) is 0 Å².